The van der Waals surface area contributed by atoms with Crippen LogP contribution in [0.1, 0.15) is 5.56 Å². The molecule has 0 spiro atoms. The number of hydrazine groups is 1. The van der Waals surface area contributed by atoms with Crippen LogP contribution in [-0.2, 0) is 21.2 Å². The summed E-state index contributed by atoms with van der Waals surface area (Å²) in [4.78, 5) is 2.31. The van der Waals surface area contributed by atoms with Crippen molar-refractivity contribution in [3.05, 3.63) is 59.1 Å². The zero-order valence-corrected chi connectivity index (χ0v) is 17.8. The molecule has 0 saturated carbocycles. The molecule has 2 aromatic carbocycles. The number of benzene rings is 2. The van der Waals surface area contributed by atoms with Crippen LogP contribution in [0.4, 0.5) is 5.69 Å². The first-order valence-electron chi connectivity index (χ1n) is 9.26. The average molecular weight is 424 g/mol. The number of hydrogen-bond acceptors (Lipinski definition) is 5. The molecular formula is C20H26ClN3O3S. The van der Waals surface area contributed by atoms with E-state index < -0.39 is 10.0 Å². The molecule has 0 N–H and O–H groups in total. The number of likely N-dealkylation sites (N-methyl/N-ethyl adjacent to an activating group) is 1. The molecule has 0 radical (unpaired) electrons. The van der Waals surface area contributed by atoms with Gasteiger partial charge in [0.25, 0.3) is 10.0 Å². The maximum absolute atomic E-state index is 13.8. The Kier molecular flexibility index (Phi) is 6.95. The molecule has 152 valence electrons. The lowest BCUT2D eigenvalue weighted by molar-refractivity contribution is 0.0409. The van der Waals surface area contributed by atoms with Gasteiger partial charge in [-0.2, -0.15) is 12.8 Å². The lowest BCUT2D eigenvalue weighted by Crippen LogP contribution is -2.51. The maximum atomic E-state index is 13.8. The predicted molar refractivity (Wildman–Crippen MR) is 112 cm³/mol. The number of para-hydroxylation sites is 1. The molecule has 8 heteroatoms. The van der Waals surface area contributed by atoms with Crippen LogP contribution < -0.4 is 4.41 Å². The number of nitrogens with zero attached hydrogens (tertiary/aromatic N) is 3. The van der Waals surface area contributed by atoms with Gasteiger partial charge in [-0.15, -0.1) is 0 Å². The first-order valence-corrected chi connectivity index (χ1v) is 11.1. The molecule has 0 amide bonds. The zero-order chi connectivity index (χ0) is 20.1. The van der Waals surface area contributed by atoms with Gasteiger partial charge in [0.1, 0.15) is 0 Å². The molecule has 6 nitrogen and oxygen atoms in total. The van der Waals surface area contributed by atoms with Crippen LogP contribution >= 0.6 is 11.6 Å². The monoisotopic (exact) mass is 423 g/mol. The number of anilines is 1. The molecule has 0 atom stereocenters. The summed E-state index contributed by atoms with van der Waals surface area (Å²) in [6.07, 6.45) is 0.591. The van der Waals surface area contributed by atoms with Crippen molar-refractivity contribution in [3.63, 3.8) is 0 Å². The van der Waals surface area contributed by atoms with Crippen LogP contribution in [-0.4, -0.2) is 65.3 Å². The Morgan fingerprint density at radius 2 is 1.75 bits per heavy atom. The first-order chi connectivity index (χ1) is 13.4. The Labute approximate surface area is 172 Å². The van der Waals surface area contributed by atoms with Crippen molar-refractivity contribution in [2.24, 2.45) is 0 Å². The van der Waals surface area contributed by atoms with E-state index in [1.54, 1.807) is 18.2 Å². The van der Waals surface area contributed by atoms with Crippen LogP contribution in [0.5, 0.6) is 0 Å². The van der Waals surface area contributed by atoms with Crippen molar-refractivity contribution in [1.29, 1.82) is 0 Å². The van der Waals surface area contributed by atoms with Gasteiger partial charge < -0.3 is 9.64 Å². The highest BCUT2D eigenvalue weighted by Crippen LogP contribution is 2.30. The normalized spacial score (nSPS) is 15.7. The minimum absolute atomic E-state index is 0.286. The third-order valence-electron chi connectivity index (χ3n) is 4.58. The van der Waals surface area contributed by atoms with E-state index in [4.69, 9.17) is 16.3 Å². The zero-order valence-electron chi connectivity index (χ0n) is 16.2. The number of halogens is 1. The predicted octanol–water partition coefficient (Wildman–Crippen LogP) is 2.89. The van der Waals surface area contributed by atoms with Crippen molar-refractivity contribution >= 4 is 27.3 Å². The molecular weight excluding hydrogens is 398 g/mol. The molecule has 1 aliphatic heterocycles. The molecule has 28 heavy (non-hydrogen) atoms. The summed E-state index contributed by atoms with van der Waals surface area (Å²) >= 11 is 6.18. The summed E-state index contributed by atoms with van der Waals surface area (Å²) in [5.41, 5.74) is 1.33. The third kappa shape index (κ3) is 4.85. The smallest absolute Gasteiger partial charge is 0.278 e. The van der Waals surface area contributed by atoms with Crippen LogP contribution in [0.25, 0.3) is 0 Å². The fraction of sp³-hybridized carbons (Fsp3) is 0.400. The van der Waals surface area contributed by atoms with Gasteiger partial charge in [0.05, 0.1) is 23.8 Å². The Morgan fingerprint density at radius 1 is 1.07 bits per heavy atom. The highest BCUT2D eigenvalue weighted by Gasteiger charge is 2.33. The lowest BCUT2D eigenvalue weighted by atomic mass is 10.1. The molecule has 1 saturated heterocycles. The van der Waals surface area contributed by atoms with Gasteiger partial charge in [0.2, 0.25) is 0 Å². The highest BCUT2D eigenvalue weighted by molar-refractivity contribution is 7.92. The van der Waals surface area contributed by atoms with Crippen molar-refractivity contribution < 1.29 is 13.2 Å². The Balaban J connectivity index is 2.06. The van der Waals surface area contributed by atoms with E-state index in [-0.39, 0.29) is 4.90 Å². The second-order valence-corrected chi connectivity index (χ2v) is 9.13. The average Bonchev–Trinajstić information content (AvgIpc) is 2.68. The van der Waals surface area contributed by atoms with E-state index in [1.807, 2.05) is 54.3 Å². The van der Waals surface area contributed by atoms with Crippen LogP contribution in [0.2, 0.25) is 5.02 Å². The van der Waals surface area contributed by atoms with Gasteiger partial charge in [-0.25, -0.2) is 5.01 Å². The summed E-state index contributed by atoms with van der Waals surface area (Å²) in [6.45, 7) is 2.73. The van der Waals surface area contributed by atoms with Crippen LogP contribution in [0, 0.1) is 0 Å². The van der Waals surface area contributed by atoms with Gasteiger partial charge >= 0.3 is 0 Å². The van der Waals surface area contributed by atoms with E-state index in [1.165, 1.54) is 4.41 Å². The quantitative estimate of drug-likeness (QED) is 0.685. The number of morpholine rings is 1. The van der Waals surface area contributed by atoms with E-state index in [9.17, 15) is 8.42 Å². The van der Waals surface area contributed by atoms with Gasteiger partial charge in [-0.05, 0) is 56.4 Å². The molecule has 1 fully saturated rings. The molecule has 0 bridgehead atoms. The van der Waals surface area contributed by atoms with Crippen LogP contribution in [0.15, 0.2) is 53.4 Å². The standard InChI is InChI=1S/C20H26ClN3O3S/c1-22(2)11-10-17-16-18(21)8-9-20(17)28(25,26)24(19-6-4-3-5-7-19)23-12-14-27-15-13-23/h3-9,16H,10-15H2,1-2H3. The largest absolute Gasteiger partial charge is 0.379 e. The van der Waals surface area contributed by atoms with E-state index >= 15 is 0 Å². The summed E-state index contributed by atoms with van der Waals surface area (Å²) < 4.78 is 34.4. The third-order valence-corrected chi connectivity index (χ3v) is 6.66. The summed E-state index contributed by atoms with van der Waals surface area (Å²) in [6, 6.07) is 14.2. The summed E-state index contributed by atoms with van der Waals surface area (Å²) in [7, 11) is 0.0996. The highest BCUT2D eigenvalue weighted by atomic mass is 35.5. The molecule has 0 aromatic heterocycles. The number of rotatable bonds is 7. The van der Waals surface area contributed by atoms with Gasteiger partial charge in [-0.1, -0.05) is 29.8 Å². The van der Waals surface area contributed by atoms with Crippen molar-refractivity contribution in [3.8, 4) is 0 Å². The van der Waals surface area contributed by atoms with Gasteiger partial charge in [0, 0.05) is 24.7 Å². The molecule has 3 rings (SSSR count). The van der Waals surface area contributed by atoms with Gasteiger partial charge in [-0.3, -0.25) is 0 Å². The molecule has 0 aliphatic carbocycles. The minimum Gasteiger partial charge on any atom is -0.379 e. The summed E-state index contributed by atoms with van der Waals surface area (Å²) in [5, 5.41) is 2.36. The Morgan fingerprint density at radius 3 is 2.39 bits per heavy atom. The molecule has 1 heterocycles. The van der Waals surface area contributed by atoms with E-state index in [2.05, 4.69) is 0 Å². The van der Waals surface area contributed by atoms with Gasteiger partial charge in [0.15, 0.2) is 0 Å². The minimum atomic E-state index is -3.82. The lowest BCUT2D eigenvalue weighted by Gasteiger charge is -2.38. The second kappa shape index (κ2) is 9.24. The molecule has 2 aromatic rings. The SMILES string of the molecule is CN(C)CCc1cc(Cl)ccc1S(=O)(=O)N(c1ccccc1)N1CCOCC1. The van der Waals surface area contributed by atoms with Crippen molar-refractivity contribution in [1.82, 2.24) is 9.91 Å². The Bertz CT molecular complexity index is 885. The fourth-order valence-corrected chi connectivity index (χ4v) is 5.16. The van der Waals surface area contributed by atoms with Crippen LogP contribution in [0.3, 0.4) is 0 Å². The first kappa shape index (κ1) is 21.1. The van der Waals surface area contributed by atoms with Crippen molar-refractivity contribution in [2.75, 3.05) is 51.4 Å². The molecule has 0 unspecified atom stereocenters. The van der Waals surface area contributed by atoms with Crippen molar-refractivity contribution in [2.45, 2.75) is 11.3 Å². The summed E-state index contributed by atoms with van der Waals surface area (Å²) in [5.74, 6) is 0. The number of hydrogen-bond donors (Lipinski definition) is 0. The Hall–Kier alpha value is -1.64. The maximum Gasteiger partial charge on any atom is 0.278 e. The van der Waals surface area contributed by atoms with E-state index in [0.717, 1.165) is 12.1 Å². The number of sulfonamides is 1. The number of ether oxygens (including phenoxy) is 1. The molecule has 1 aliphatic rings. The topological polar surface area (TPSA) is 53.1 Å². The second-order valence-electron chi connectivity index (χ2n) is 6.95. The van der Waals surface area contributed by atoms with E-state index in [0.29, 0.717) is 43.4 Å². The fourth-order valence-electron chi connectivity index (χ4n) is 3.18.